The number of carbonyl (C=O) groups excluding carboxylic acids is 2. The molecular weight excluding hydrogens is 292 g/mol. The molecule has 1 saturated heterocycles. The normalized spacial score (nSPS) is 38.0. The number of hydrogen-bond acceptors (Lipinski definition) is 6. The lowest BCUT2D eigenvalue weighted by molar-refractivity contribution is -0.151. The summed E-state index contributed by atoms with van der Waals surface area (Å²) in [6.07, 6.45) is -0.166. The third kappa shape index (κ3) is 2.20. The van der Waals surface area contributed by atoms with Crippen LogP contribution in [0.15, 0.2) is 12.2 Å². The molecule has 3 aliphatic rings. The number of hydrogen-bond donors (Lipinski definition) is 1. The Balaban J connectivity index is 1.59. The second kappa shape index (κ2) is 5.39. The van der Waals surface area contributed by atoms with E-state index in [-0.39, 0.29) is 31.2 Å². The highest BCUT2D eigenvalue weighted by Crippen LogP contribution is 2.58. The Hall–Kier alpha value is -1.89. The second-order valence-electron chi connectivity index (χ2n) is 6.11. The molecule has 22 heavy (non-hydrogen) atoms. The SMILES string of the molecule is C=C(C)C(=O)OCCOC1C2CC3C1OC(=O)C3C2C(=O)O. The van der Waals surface area contributed by atoms with Gasteiger partial charge < -0.3 is 19.3 Å². The van der Waals surface area contributed by atoms with E-state index < -0.39 is 35.8 Å². The van der Waals surface area contributed by atoms with E-state index >= 15 is 0 Å². The highest BCUT2D eigenvalue weighted by molar-refractivity contribution is 5.87. The number of rotatable bonds is 6. The van der Waals surface area contributed by atoms with Crippen LogP contribution in [-0.2, 0) is 28.6 Å². The molecule has 1 aliphatic heterocycles. The van der Waals surface area contributed by atoms with Crippen molar-refractivity contribution in [3.8, 4) is 0 Å². The van der Waals surface area contributed by atoms with Gasteiger partial charge in [-0.3, -0.25) is 9.59 Å². The van der Waals surface area contributed by atoms with Crippen LogP contribution >= 0.6 is 0 Å². The minimum Gasteiger partial charge on any atom is -0.481 e. The minimum absolute atomic E-state index is 0.0570. The van der Waals surface area contributed by atoms with Crippen LogP contribution < -0.4 is 0 Å². The molecule has 3 rings (SSSR count). The van der Waals surface area contributed by atoms with E-state index in [0.29, 0.717) is 12.0 Å². The Bertz CT molecular complexity index is 540. The van der Waals surface area contributed by atoms with Crippen LogP contribution in [0.25, 0.3) is 0 Å². The van der Waals surface area contributed by atoms with Gasteiger partial charge in [-0.05, 0) is 13.3 Å². The topological polar surface area (TPSA) is 99.1 Å². The fourth-order valence-electron chi connectivity index (χ4n) is 3.99. The first-order valence-corrected chi connectivity index (χ1v) is 7.29. The van der Waals surface area contributed by atoms with Gasteiger partial charge >= 0.3 is 17.9 Å². The third-order valence-corrected chi connectivity index (χ3v) is 4.81. The summed E-state index contributed by atoms with van der Waals surface area (Å²) in [7, 11) is 0. The predicted octanol–water partition coefficient (Wildman–Crippen LogP) is 0.383. The summed E-state index contributed by atoms with van der Waals surface area (Å²) in [5.74, 6) is -3.45. The molecule has 0 amide bonds. The molecule has 1 N–H and O–H groups in total. The van der Waals surface area contributed by atoms with E-state index in [4.69, 9.17) is 14.2 Å². The van der Waals surface area contributed by atoms with Gasteiger partial charge in [0.25, 0.3) is 0 Å². The molecule has 0 aromatic carbocycles. The molecule has 6 unspecified atom stereocenters. The number of carboxylic acids is 1. The number of carboxylic acid groups (broad SMARTS) is 1. The van der Waals surface area contributed by atoms with Gasteiger partial charge in [-0.25, -0.2) is 4.79 Å². The first-order chi connectivity index (χ1) is 10.4. The van der Waals surface area contributed by atoms with Gasteiger partial charge in [0.15, 0.2) is 0 Å². The Morgan fingerprint density at radius 3 is 2.73 bits per heavy atom. The van der Waals surface area contributed by atoms with Crippen molar-refractivity contribution < 1.29 is 33.7 Å². The molecule has 3 fully saturated rings. The van der Waals surface area contributed by atoms with Gasteiger partial charge in [0.1, 0.15) is 12.7 Å². The third-order valence-electron chi connectivity index (χ3n) is 4.81. The van der Waals surface area contributed by atoms with Crippen LogP contribution in [0.2, 0.25) is 0 Å². The van der Waals surface area contributed by atoms with E-state index in [0.717, 1.165) is 0 Å². The maximum absolute atomic E-state index is 11.8. The summed E-state index contributed by atoms with van der Waals surface area (Å²) in [5, 5.41) is 9.35. The van der Waals surface area contributed by atoms with Gasteiger partial charge in [-0.1, -0.05) is 6.58 Å². The van der Waals surface area contributed by atoms with Crippen molar-refractivity contribution >= 4 is 17.9 Å². The number of esters is 2. The van der Waals surface area contributed by atoms with Crippen molar-refractivity contribution in [1.82, 2.24) is 0 Å². The molecule has 2 bridgehead atoms. The first kappa shape index (κ1) is 15.0. The molecule has 120 valence electrons. The van der Waals surface area contributed by atoms with Crippen LogP contribution in [0.4, 0.5) is 0 Å². The quantitative estimate of drug-likeness (QED) is 0.430. The van der Waals surface area contributed by atoms with Gasteiger partial charge in [0.2, 0.25) is 0 Å². The largest absolute Gasteiger partial charge is 0.481 e. The number of ether oxygens (including phenoxy) is 3. The molecule has 2 saturated carbocycles. The van der Waals surface area contributed by atoms with E-state index in [1.165, 1.54) is 0 Å². The van der Waals surface area contributed by atoms with Crippen LogP contribution in [0, 0.1) is 23.7 Å². The van der Waals surface area contributed by atoms with E-state index in [1.54, 1.807) is 6.92 Å². The van der Waals surface area contributed by atoms with E-state index in [9.17, 15) is 19.5 Å². The Kier molecular flexibility index (Phi) is 3.68. The molecule has 0 radical (unpaired) electrons. The van der Waals surface area contributed by atoms with Gasteiger partial charge in [0.05, 0.1) is 24.5 Å². The molecule has 6 atom stereocenters. The molecule has 0 aromatic heterocycles. The lowest BCUT2D eigenvalue weighted by Crippen LogP contribution is -2.42. The maximum atomic E-state index is 11.8. The lowest BCUT2D eigenvalue weighted by Gasteiger charge is -2.29. The Labute approximate surface area is 127 Å². The summed E-state index contributed by atoms with van der Waals surface area (Å²) in [6.45, 7) is 5.22. The molecule has 7 heteroatoms. The molecule has 7 nitrogen and oxygen atoms in total. The van der Waals surface area contributed by atoms with E-state index in [2.05, 4.69) is 6.58 Å². The zero-order valence-corrected chi connectivity index (χ0v) is 12.2. The van der Waals surface area contributed by atoms with Crippen molar-refractivity contribution in [2.75, 3.05) is 13.2 Å². The average molecular weight is 310 g/mol. The van der Waals surface area contributed by atoms with Gasteiger partial charge in [-0.15, -0.1) is 0 Å². The fourth-order valence-corrected chi connectivity index (χ4v) is 3.99. The Morgan fingerprint density at radius 1 is 1.36 bits per heavy atom. The summed E-state index contributed by atoms with van der Waals surface area (Å²) in [6, 6.07) is 0. The highest BCUT2D eigenvalue weighted by atomic mass is 16.6. The van der Waals surface area contributed by atoms with Crippen molar-refractivity contribution in [1.29, 1.82) is 0 Å². The van der Waals surface area contributed by atoms with Crippen molar-refractivity contribution in [2.45, 2.75) is 25.6 Å². The van der Waals surface area contributed by atoms with Crippen molar-refractivity contribution in [3.05, 3.63) is 12.2 Å². The summed E-state index contributed by atoms with van der Waals surface area (Å²) in [5.41, 5.74) is 0.304. The first-order valence-electron chi connectivity index (χ1n) is 7.29. The smallest absolute Gasteiger partial charge is 0.333 e. The maximum Gasteiger partial charge on any atom is 0.333 e. The summed E-state index contributed by atoms with van der Waals surface area (Å²) < 4.78 is 15.9. The minimum atomic E-state index is -0.975. The van der Waals surface area contributed by atoms with Crippen molar-refractivity contribution in [3.63, 3.8) is 0 Å². The lowest BCUT2D eigenvalue weighted by atomic mass is 9.78. The van der Waals surface area contributed by atoms with Crippen LogP contribution in [0.5, 0.6) is 0 Å². The zero-order chi connectivity index (χ0) is 16.0. The second-order valence-corrected chi connectivity index (χ2v) is 6.11. The van der Waals surface area contributed by atoms with E-state index in [1.807, 2.05) is 0 Å². The fraction of sp³-hybridized carbons (Fsp3) is 0.667. The molecule has 2 aliphatic carbocycles. The summed E-state index contributed by atoms with van der Waals surface area (Å²) >= 11 is 0. The van der Waals surface area contributed by atoms with Crippen LogP contribution in [0.1, 0.15) is 13.3 Å². The molecule has 0 aromatic rings. The molecule has 0 spiro atoms. The van der Waals surface area contributed by atoms with Gasteiger partial charge in [-0.2, -0.15) is 0 Å². The number of fused-ring (bicyclic) bond motifs is 1. The van der Waals surface area contributed by atoms with Crippen LogP contribution in [-0.4, -0.2) is 48.4 Å². The van der Waals surface area contributed by atoms with Gasteiger partial charge in [0, 0.05) is 17.4 Å². The molecular formula is C15H18O7. The number of aliphatic carboxylic acids is 1. The highest BCUT2D eigenvalue weighted by Gasteiger charge is 2.69. The van der Waals surface area contributed by atoms with Crippen molar-refractivity contribution in [2.24, 2.45) is 23.7 Å². The zero-order valence-electron chi connectivity index (χ0n) is 12.2. The summed E-state index contributed by atoms with van der Waals surface area (Å²) in [4.78, 5) is 34.5. The Morgan fingerprint density at radius 2 is 2.09 bits per heavy atom. The number of carbonyl (C=O) groups is 3. The monoisotopic (exact) mass is 310 g/mol. The predicted molar refractivity (Wildman–Crippen MR) is 71.6 cm³/mol. The average Bonchev–Trinajstić information content (AvgIpc) is 3.04. The molecule has 1 heterocycles. The standard InChI is InChI=1S/C15H18O7/c1-6(2)14(18)21-4-3-20-11-7-5-8-10(9(7)13(16)17)15(19)22-12(8)11/h7-12H,1,3-5H2,2H3,(H,16,17). The van der Waals surface area contributed by atoms with Crippen LogP contribution in [0.3, 0.4) is 0 Å².